The van der Waals surface area contributed by atoms with Gasteiger partial charge in [0.15, 0.2) is 0 Å². The predicted molar refractivity (Wildman–Crippen MR) is 97.6 cm³/mol. The molecule has 1 amide bonds. The summed E-state index contributed by atoms with van der Waals surface area (Å²) in [6.07, 6.45) is 1.07. The van der Waals surface area contributed by atoms with Crippen molar-refractivity contribution >= 4 is 5.91 Å². The van der Waals surface area contributed by atoms with E-state index in [-0.39, 0.29) is 5.91 Å². The summed E-state index contributed by atoms with van der Waals surface area (Å²) in [7, 11) is 0. The van der Waals surface area contributed by atoms with Gasteiger partial charge in [-0.1, -0.05) is 30.3 Å². The molecule has 2 aliphatic rings. The number of rotatable bonds is 6. The van der Waals surface area contributed by atoms with Gasteiger partial charge < -0.3 is 14.8 Å². The molecule has 0 saturated carbocycles. The summed E-state index contributed by atoms with van der Waals surface area (Å²) in [5, 5.41) is 3.22. The molecular formula is C20H30N2O3. The van der Waals surface area contributed by atoms with E-state index < -0.39 is 5.41 Å². The van der Waals surface area contributed by atoms with Crippen molar-refractivity contribution in [3.8, 4) is 0 Å². The molecule has 5 heteroatoms. The second kappa shape index (κ2) is 8.30. The number of nitrogens with one attached hydrogen (secondary N) is 1. The fraction of sp³-hybridized carbons (Fsp3) is 0.650. The van der Waals surface area contributed by atoms with Crippen LogP contribution in [0.2, 0.25) is 0 Å². The van der Waals surface area contributed by atoms with Crippen molar-refractivity contribution in [2.24, 2.45) is 5.92 Å². The van der Waals surface area contributed by atoms with Crippen LogP contribution in [0.4, 0.5) is 0 Å². The molecule has 0 aliphatic carbocycles. The molecule has 2 fully saturated rings. The Morgan fingerprint density at radius 3 is 2.56 bits per heavy atom. The average molecular weight is 346 g/mol. The highest BCUT2D eigenvalue weighted by atomic mass is 16.5. The van der Waals surface area contributed by atoms with Gasteiger partial charge in [0, 0.05) is 38.2 Å². The van der Waals surface area contributed by atoms with Crippen molar-refractivity contribution in [3.63, 3.8) is 0 Å². The summed E-state index contributed by atoms with van der Waals surface area (Å²) in [6, 6.07) is 10.3. The van der Waals surface area contributed by atoms with Gasteiger partial charge in [0.05, 0.1) is 25.2 Å². The van der Waals surface area contributed by atoms with Gasteiger partial charge in [-0.15, -0.1) is 0 Å². The fourth-order valence-electron chi connectivity index (χ4n) is 3.76. The standard InChI is InChI=1S/C20H30N2O3/c1-20(2,17-6-4-3-5-7-17)19(23)21-14-18(16-8-11-25-15-16)22-9-12-24-13-10-22/h3-7,16,18H,8-15H2,1-2H3,(H,21,23)/t16-,18+/m1/s1. The average Bonchev–Trinajstić information content (AvgIpc) is 3.18. The number of carbonyl (C=O) groups is 1. The Morgan fingerprint density at radius 1 is 1.20 bits per heavy atom. The number of nitrogens with zero attached hydrogens (tertiary/aromatic N) is 1. The van der Waals surface area contributed by atoms with E-state index >= 15 is 0 Å². The predicted octanol–water partition coefficient (Wildman–Crippen LogP) is 1.82. The number of morpholine rings is 1. The van der Waals surface area contributed by atoms with E-state index in [2.05, 4.69) is 10.2 Å². The van der Waals surface area contributed by atoms with Gasteiger partial charge in [-0.3, -0.25) is 9.69 Å². The zero-order valence-corrected chi connectivity index (χ0v) is 15.4. The molecule has 5 nitrogen and oxygen atoms in total. The van der Waals surface area contributed by atoms with Gasteiger partial charge in [-0.25, -0.2) is 0 Å². The molecule has 25 heavy (non-hydrogen) atoms. The maximum atomic E-state index is 12.9. The Morgan fingerprint density at radius 2 is 1.92 bits per heavy atom. The first kappa shape index (κ1) is 18.4. The molecule has 1 aromatic carbocycles. The molecular weight excluding hydrogens is 316 g/mol. The number of carbonyl (C=O) groups excluding carboxylic acids is 1. The summed E-state index contributed by atoms with van der Waals surface area (Å²) in [4.78, 5) is 15.3. The first-order valence-corrected chi connectivity index (χ1v) is 9.32. The van der Waals surface area contributed by atoms with E-state index in [1.165, 1.54) is 0 Å². The number of amides is 1. The summed E-state index contributed by atoms with van der Waals surface area (Å²) >= 11 is 0. The van der Waals surface area contributed by atoms with E-state index in [1.54, 1.807) is 0 Å². The first-order chi connectivity index (χ1) is 12.1. The van der Waals surface area contributed by atoms with Crippen molar-refractivity contribution < 1.29 is 14.3 Å². The molecule has 1 N–H and O–H groups in total. The minimum absolute atomic E-state index is 0.0795. The van der Waals surface area contributed by atoms with Crippen LogP contribution < -0.4 is 5.32 Å². The SMILES string of the molecule is CC(C)(C(=O)NC[C@@H]([C@@H]1CCOC1)N1CCOCC1)c1ccccc1. The van der Waals surface area contributed by atoms with E-state index in [9.17, 15) is 4.79 Å². The number of hydrogen-bond donors (Lipinski definition) is 1. The van der Waals surface area contributed by atoms with Crippen LogP contribution in [0.5, 0.6) is 0 Å². The normalized spacial score (nSPS) is 23.4. The minimum atomic E-state index is -0.539. The van der Waals surface area contributed by atoms with E-state index in [0.717, 1.165) is 51.5 Å². The summed E-state index contributed by atoms with van der Waals surface area (Å²) in [5.74, 6) is 0.564. The molecule has 2 saturated heterocycles. The van der Waals surface area contributed by atoms with Crippen LogP contribution in [0.1, 0.15) is 25.8 Å². The molecule has 138 valence electrons. The van der Waals surface area contributed by atoms with Gasteiger partial charge in [-0.05, 0) is 25.8 Å². The van der Waals surface area contributed by atoms with Gasteiger partial charge >= 0.3 is 0 Å². The maximum absolute atomic E-state index is 12.9. The van der Waals surface area contributed by atoms with E-state index in [0.29, 0.717) is 18.5 Å². The smallest absolute Gasteiger partial charge is 0.230 e. The third kappa shape index (κ3) is 4.40. The highest BCUT2D eigenvalue weighted by Crippen LogP contribution is 2.25. The Labute approximate surface area is 150 Å². The minimum Gasteiger partial charge on any atom is -0.381 e. The topological polar surface area (TPSA) is 50.8 Å². The van der Waals surface area contributed by atoms with Crippen LogP contribution in [-0.2, 0) is 19.7 Å². The molecule has 0 unspecified atom stereocenters. The van der Waals surface area contributed by atoms with E-state index in [1.807, 2.05) is 44.2 Å². The molecule has 2 aliphatic heterocycles. The lowest BCUT2D eigenvalue weighted by Gasteiger charge is -2.38. The van der Waals surface area contributed by atoms with Crippen molar-refractivity contribution in [2.45, 2.75) is 31.7 Å². The van der Waals surface area contributed by atoms with Gasteiger partial charge in [0.1, 0.15) is 0 Å². The van der Waals surface area contributed by atoms with Gasteiger partial charge in [0.25, 0.3) is 0 Å². The summed E-state index contributed by atoms with van der Waals surface area (Å²) in [6.45, 7) is 9.66. The highest BCUT2D eigenvalue weighted by molar-refractivity contribution is 5.87. The lowest BCUT2D eigenvalue weighted by atomic mass is 9.83. The van der Waals surface area contributed by atoms with Crippen LogP contribution >= 0.6 is 0 Å². The van der Waals surface area contributed by atoms with Crippen LogP contribution in [0, 0.1) is 5.92 Å². The fourth-order valence-corrected chi connectivity index (χ4v) is 3.76. The van der Waals surface area contributed by atoms with Gasteiger partial charge in [0.2, 0.25) is 5.91 Å². The second-order valence-corrected chi connectivity index (χ2v) is 7.54. The Hall–Kier alpha value is -1.43. The first-order valence-electron chi connectivity index (χ1n) is 9.32. The zero-order chi connectivity index (χ0) is 17.7. The van der Waals surface area contributed by atoms with Crippen molar-refractivity contribution in [1.82, 2.24) is 10.2 Å². The quantitative estimate of drug-likeness (QED) is 0.854. The third-order valence-corrected chi connectivity index (χ3v) is 5.56. The number of hydrogen-bond acceptors (Lipinski definition) is 4. The molecule has 2 heterocycles. The molecule has 0 radical (unpaired) electrons. The molecule has 1 aromatic rings. The van der Waals surface area contributed by atoms with Crippen LogP contribution in [0.25, 0.3) is 0 Å². The van der Waals surface area contributed by atoms with Crippen molar-refractivity contribution in [3.05, 3.63) is 35.9 Å². The third-order valence-electron chi connectivity index (χ3n) is 5.56. The summed E-state index contributed by atoms with van der Waals surface area (Å²) in [5.41, 5.74) is 0.503. The number of ether oxygens (including phenoxy) is 2. The van der Waals surface area contributed by atoms with Gasteiger partial charge in [-0.2, -0.15) is 0 Å². The molecule has 0 spiro atoms. The summed E-state index contributed by atoms with van der Waals surface area (Å²) < 4.78 is 11.1. The van der Waals surface area contributed by atoms with Crippen molar-refractivity contribution in [1.29, 1.82) is 0 Å². The lowest BCUT2D eigenvalue weighted by molar-refractivity contribution is -0.126. The molecule has 0 bridgehead atoms. The molecule has 0 aromatic heterocycles. The Bertz CT molecular complexity index is 549. The van der Waals surface area contributed by atoms with Crippen LogP contribution in [0.3, 0.4) is 0 Å². The Kier molecular flexibility index (Phi) is 6.10. The van der Waals surface area contributed by atoms with Crippen molar-refractivity contribution in [2.75, 3.05) is 46.1 Å². The monoisotopic (exact) mass is 346 g/mol. The largest absolute Gasteiger partial charge is 0.381 e. The zero-order valence-electron chi connectivity index (χ0n) is 15.4. The molecule has 2 atom stereocenters. The second-order valence-electron chi connectivity index (χ2n) is 7.54. The van der Waals surface area contributed by atoms with Crippen LogP contribution in [0.15, 0.2) is 30.3 Å². The molecule has 3 rings (SSSR count). The lowest BCUT2D eigenvalue weighted by Crippen LogP contribution is -2.54. The van der Waals surface area contributed by atoms with Crippen LogP contribution in [-0.4, -0.2) is 62.9 Å². The van der Waals surface area contributed by atoms with E-state index in [4.69, 9.17) is 9.47 Å². The Balaban J connectivity index is 1.64. The number of benzene rings is 1. The maximum Gasteiger partial charge on any atom is 0.230 e. The highest BCUT2D eigenvalue weighted by Gasteiger charge is 2.34.